The molecule has 4 nitrogen and oxygen atoms in total. The second-order valence-electron chi connectivity index (χ2n) is 3.13. The Hall–Kier alpha value is -1.36. The van der Waals surface area contributed by atoms with Gasteiger partial charge in [0.2, 0.25) is 0 Å². The Morgan fingerprint density at radius 3 is 2.87 bits per heavy atom. The lowest BCUT2D eigenvalue weighted by molar-refractivity contribution is 0.0691. The van der Waals surface area contributed by atoms with Crippen LogP contribution in [0.4, 0.5) is 0 Å². The van der Waals surface area contributed by atoms with Crippen molar-refractivity contribution in [3.8, 4) is 5.75 Å². The van der Waals surface area contributed by atoms with Crippen molar-refractivity contribution in [3.05, 3.63) is 27.7 Å². The molecule has 0 aliphatic carbocycles. The molecule has 1 aromatic carbocycles. The Balaban J connectivity index is 2.69. The van der Waals surface area contributed by atoms with Gasteiger partial charge in [0.25, 0.3) is 0 Å². The zero-order valence-corrected chi connectivity index (χ0v) is 9.20. The molecule has 0 fully saturated rings. The molecule has 5 heteroatoms. The van der Waals surface area contributed by atoms with Crippen molar-refractivity contribution in [2.75, 3.05) is 6.61 Å². The molecule has 0 spiro atoms. The van der Waals surface area contributed by atoms with Crippen LogP contribution in [0.15, 0.2) is 16.6 Å². The van der Waals surface area contributed by atoms with E-state index < -0.39 is 5.97 Å². The number of carboxylic acids is 1. The van der Waals surface area contributed by atoms with Crippen LogP contribution in [0.1, 0.15) is 27.1 Å². The third kappa shape index (κ3) is 1.63. The predicted octanol–water partition coefficient (Wildman–Crippen LogP) is 2.11. The van der Waals surface area contributed by atoms with Crippen LogP contribution in [0.5, 0.6) is 5.75 Å². The number of rotatable bonds is 1. The summed E-state index contributed by atoms with van der Waals surface area (Å²) < 4.78 is 5.81. The Kier molecular flexibility index (Phi) is 2.48. The highest BCUT2D eigenvalue weighted by atomic mass is 79.9. The molecule has 78 valence electrons. The third-order valence-electron chi connectivity index (χ3n) is 2.19. The number of ketones is 1. The molecular formula is C10H7BrO4. The maximum atomic E-state index is 11.6. The Morgan fingerprint density at radius 2 is 2.20 bits per heavy atom. The first kappa shape index (κ1) is 10.2. The minimum atomic E-state index is -1.09. The highest BCUT2D eigenvalue weighted by Gasteiger charge is 2.26. The van der Waals surface area contributed by atoms with Gasteiger partial charge in [0.05, 0.1) is 12.2 Å². The summed E-state index contributed by atoms with van der Waals surface area (Å²) in [4.78, 5) is 22.5. The molecule has 0 saturated carbocycles. The lowest BCUT2D eigenvalue weighted by Gasteiger charge is -2.19. The number of carboxylic acid groups (broad SMARTS) is 1. The zero-order chi connectivity index (χ0) is 11.0. The number of hydrogen-bond acceptors (Lipinski definition) is 3. The summed E-state index contributed by atoms with van der Waals surface area (Å²) >= 11 is 3.21. The monoisotopic (exact) mass is 270 g/mol. The number of fused-ring (bicyclic) bond motifs is 1. The molecule has 0 unspecified atom stereocenters. The topological polar surface area (TPSA) is 63.6 Å². The van der Waals surface area contributed by atoms with Crippen LogP contribution in [-0.2, 0) is 0 Å². The average Bonchev–Trinajstić information content (AvgIpc) is 2.17. The fourth-order valence-corrected chi connectivity index (χ4v) is 2.04. The molecule has 2 rings (SSSR count). The van der Waals surface area contributed by atoms with Crippen LogP contribution in [0.25, 0.3) is 0 Å². The minimum Gasteiger partial charge on any atom is -0.491 e. The molecule has 0 aromatic heterocycles. The molecule has 1 aliphatic heterocycles. The highest BCUT2D eigenvalue weighted by molar-refractivity contribution is 9.10. The molecule has 0 atom stereocenters. The molecule has 15 heavy (non-hydrogen) atoms. The Morgan fingerprint density at radius 1 is 1.47 bits per heavy atom. The second kappa shape index (κ2) is 3.66. The summed E-state index contributed by atoms with van der Waals surface area (Å²) in [6, 6.07) is 2.97. The third-order valence-corrected chi connectivity index (χ3v) is 2.85. The standard InChI is InChI=1S/C10H7BrO4/c11-6-2-1-5(10(13)14)9-8(6)7(12)3-4-15-9/h1-2H,3-4H2,(H,13,14). The van der Waals surface area contributed by atoms with Crippen LogP contribution >= 0.6 is 15.9 Å². The van der Waals surface area contributed by atoms with Gasteiger partial charge in [-0.15, -0.1) is 0 Å². The molecule has 0 amide bonds. The summed E-state index contributed by atoms with van der Waals surface area (Å²) in [6.45, 7) is 0.239. The summed E-state index contributed by atoms with van der Waals surface area (Å²) in [5.74, 6) is -1.01. The highest BCUT2D eigenvalue weighted by Crippen LogP contribution is 2.34. The van der Waals surface area contributed by atoms with Gasteiger partial charge in [0.1, 0.15) is 11.3 Å². The predicted molar refractivity (Wildman–Crippen MR) is 55.5 cm³/mol. The van der Waals surface area contributed by atoms with Gasteiger partial charge in [-0.25, -0.2) is 4.79 Å². The summed E-state index contributed by atoms with van der Waals surface area (Å²) in [5, 5.41) is 8.91. The van der Waals surface area contributed by atoms with Gasteiger partial charge < -0.3 is 9.84 Å². The van der Waals surface area contributed by atoms with E-state index in [2.05, 4.69) is 15.9 Å². The van der Waals surface area contributed by atoms with Gasteiger partial charge >= 0.3 is 5.97 Å². The van der Waals surface area contributed by atoms with Crippen molar-refractivity contribution >= 4 is 27.7 Å². The smallest absolute Gasteiger partial charge is 0.339 e. The lowest BCUT2D eigenvalue weighted by atomic mass is 10.0. The van der Waals surface area contributed by atoms with Crippen molar-refractivity contribution in [2.45, 2.75) is 6.42 Å². The van der Waals surface area contributed by atoms with Crippen molar-refractivity contribution in [2.24, 2.45) is 0 Å². The normalized spacial score (nSPS) is 14.3. The van der Waals surface area contributed by atoms with Gasteiger partial charge in [-0.2, -0.15) is 0 Å². The largest absolute Gasteiger partial charge is 0.491 e. The van der Waals surface area contributed by atoms with E-state index in [4.69, 9.17) is 9.84 Å². The SMILES string of the molecule is O=C(O)c1ccc(Br)c2c1OCCC2=O. The Bertz CT molecular complexity index is 453. The zero-order valence-electron chi connectivity index (χ0n) is 7.62. The van der Waals surface area contributed by atoms with E-state index in [-0.39, 0.29) is 30.1 Å². The van der Waals surface area contributed by atoms with Gasteiger partial charge in [-0.3, -0.25) is 4.79 Å². The molecule has 1 aromatic rings. The van der Waals surface area contributed by atoms with E-state index >= 15 is 0 Å². The van der Waals surface area contributed by atoms with Crippen molar-refractivity contribution in [1.29, 1.82) is 0 Å². The Labute approximate surface area is 94.0 Å². The maximum Gasteiger partial charge on any atom is 0.339 e. The van der Waals surface area contributed by atoms with Crippen LogP contribution in [0.2, 0.25) is 0 Å². The number of hydrogen-bond donors (Lipinski definition) is 1. The molecule has 0 bridgehead atoms. The quantitative estimate of drug-likeness (QED) is 0.849. The van der Waals surface area contributed by atoms with Crippen LogP contribution in [-0.4, -0.2) is 23.5 Å². The van der Waals surface area contributed by atoms with Gasteiger partial charge in [-0.05, 0) is 28.1 Å². The molecule has 0 saturated heterocycles. The first-order valence-corrected chi connectivity index (χ1v) is 5.12. The molecule has 1 heterocycles. The van der Waals surface area contributed by atoms with Crippen molar-refractivity contribution < 1.29 is 19.4 Å². The number of ether oxygens (including phenoxy) is 1. The number of carbonyl (C=O) groups excluding carboxylic acids is 1. The van der Waals surface area contributed by atoms with Crippen LogP contribution in [0.3, 0.4) is 0 Å². The fraction of sp³-hybridized carbons (Fsp3) is 0.200. The molecule has 1 N–H and O–H groups in total. The number of halogens is 1. The average molecular weight is 271 g/mol. The van der Waals surface area contributed by atoms with Crippen molar-refractivity contribution in [3.63, 3.8) is 0 Å². The summed E-state index contributed by atoms with van der Waals surface area (Å²) in [5.41, 5.74) is 0.363. The van der Waals surface area contributed by atoms with E-state index in [1.807, 2.05) is 0 Å². The van der Waals surface area contributed by atoms with E-state index in [9.17, 15) is 9.59 Å². The van der Waals surface area contributed by atoms with E-state index in [1.54, 1.807) is 6.07 Å². The van der Waals surface area contributed by atoms with Crippen LogP contribution < -0.4 is 4.74 Å². The van der Waals surface area contributed by atoms with Gasteiger partial charge in [0, 0.05) is 10.9 Å². The first-order chi connectivity index (χ1) is 7.11. The van der Waals surface area contributed by atoms with E-state index in [1.165, 1.54) is 6.07 Å². The van der Waals surface area contributed by atoms with E-state index in [0.717, 1.165) is 0 Å². The lowest BCUT2D eigenvalue weighted by Crippen LogP contribution is -2.18. The summed E-state index contributed by atoms with van der Waals surface area (Å²) in [7, 11) is 0. The molecule has 0 radical (unpaired) electrons. The molecular weight excluding hydrogens is 264 g/mol. The summed E-state index contributed by atoms with van der Waals surface area (Å²) in [6.07, 6.45) is 0.286. The number of benzene rings is 1. The van der Waals surface area contributed by atoms with E-state index in [0.29, 0.717) is 10.0 Å². The minimum absolute atomic E-state index is 0.0289. The number of carbonyl (C=O) groups is 2. The molecule has 1 aliphatic rings. The van der Waals surface area contributed by atoms with Crippen LogP contribution in [0, 0.1) is 0 Å². The second-order valence-corrected chi connectivity index (χ2v) is 3.98. The fourth-order valence-electron chi connectivity index (χ4n) is 1.51. The van der Waals surface area contributed by atoms with Gasteiger partial charge in [0.15, 0.2) is 5.78 Å². The van der Waals surface area contributed by atoms with Gasteiger partial charge in [-0.1, -0.05) is 0 Å². The number of Topliss-reactive ketones (excluding diaryl/α,β-unsaturated/α-hetero) is 1. The van der Waals surface area contributed by atoms with Crippen molar-refractivity contribution in [1.82, 2.24) is 0 Å². The maximum absolute atomic E-state index is 11.6. The number of aromatic carboxylic acids is 1. The first-order valence-electron chi connectivity index (χ1n) is 4.33.